The first-order valence-electron chi connectivity index (χ1n) is 7.10. The summed E-state index contributed by atoms with van der Waals surface area (Å²) in [5.74, 6) is 0. The van der Waals surface area contributed by atoms with Crippen LogP contribution in [-0.4, -0.2) is 22.9 Å². The molecule has 0 aliphatic heterocycles. The van der Waals surface area contributed by atoms with Crippen LogP contribution in [0.4, 0.5) is 0 Å². The average molecular weight is 230 g/mol. The highest BCUT2D eigenvalue weighted by molar-refractivity contribution is 4.56. The lowest BCUT2D eigenvalue weighted by Crippen LogP contribution is -2.05. The van der Waals surface area contributed by atoms with Gasteiger partial charge in [0.2, 0.25) is 0 Å². The van der Waals surface area contributed by atoms with Gasteiger partial charge in [0, 0.05) is 6.61 Å². The van der Waals surface area contributed by atoms with Crippen molar-refractivity contribution >= 4 is 0 Å². The maximum atomic E-state index is 9.68. The second kappa shape index (κ2) is 13.0. The van der Waals surface area contributed by atoms with Crippen molar-refractivity contribution < 1.29 is 10.2 Å². The molecular weight excluding hydrogens is 200 g/mol. The predicted octanol–water partition coefficient (Wildman–Crippen LogP) is 3.65. The van der Waals surface area contributed by atoms with Crippen molar-refractivity contribution in [1.82, 2.24) is 0 Å². The van der Waals surface area contributed by atoms with Crippen molar-refractivity contribution in [3.8, 4) is 0 Å². The SMILES string of the molecule is CCCCCC(O)CCCCCCCCO. The van der Waals surface area contributed by atoms with Crippen LogP contribution in [0.2, 0.25) is 0 Å². The van der Waals surface area contributed by atoms with Crippen LogP contribution in [-0.2, 0) is 0 Å². The second-order valence-electron chi connectivity index (χ2n) is 4.78. The molecule has 1 unspecified atom stereocenters. The van der Waals surface area contributed by atoms with Gasteiger partial charge >= 0.3 is 0 Å². The minimum Gasteiger partial charge on any atom is -0.396 e. The van der Waals surface area contributed by atoms with Gasteiger partial charge in [0.1, 0.15) is 0 Å². The Hall–Kier alpha value is -0.0800. The molecule has 2 heteroatoms. The van der Waals surface area contributed by atoms with E-state index in [9.17, 15) is 5.11 Å². The van der Waals surface area contributed by atoms with Gasteiger partial charge in [-0.1, -0.05) is 58.3 Å². The molecule has 0 spiro atoms. The molecule has 2 N–H and O–H groups in total. The number of aliphatic hydroxyl groups excluding tert-OH is 2. The molecule has 2 nitrogen and oxygen atoms in total. The maximum absolute atomic E-state index is 9.68. The Kier molecular flexibility index (Phi) is 12.9. The number of hydrogen-bond acceptors (Lipinski definition) is 2. The van der Waals surface area contributed by atoms with Gasteiger partial charge in [0.25, 0.3) is 0 Å². The third kappa shape index (κ3) is 12.0. The first kappa shape index (κ1) is 15.9. The fraction of sp³-hybridized carbons (Fsp3) is 1.00. The van der Waals surface area contributed by atoms with E-state index < -0.39 is 0 Å². The Balaban J connectivity index is 3.06. The molecular formula is C14H30O2. The summed E-state index contributed by atoms with van der Waals surface area (Å²) in [4.78, 5) is 0. The van der Waals surface area contributed by atoms with Gasteiger partial charge in [0.15, 0.2) is 0 Å². The Morgan fingerprint density at radius 3 is 1.81 bits per heavy atom. The van der Waals surface area contributed by atoms with Crippen LogP contribution < -0.4 is 0 Å². The van der Waals surface area contributed by atoms with E-state index in [0.29, 0.717) is 6.61 Å². The van der Waals surface area contributed by atoms with Crippen LogP contribution in [0.25, 0.3) is 0 Å². The summed E-state index contributed by atoms with van der Waals surface area (Å²) in [5.41, 5.74) is 0. The van der Waals surface area contributed by atoms with Gasteiger partial charge in [-0.25, -0.2) is 0 Å². The van der Waals surface area contributed by atoms with Crippen molar-refractivity contribution in [1.29, 1.82) is 0 Å². The molecule has 0 heterocycles. The molecule has 98 valence electrons. The van der Waals surface area contributed by atoms with Crippen LogP contribution in [0.5, 0.6) is 0 Å². The Morgan fingerprint density at radius 1 is 0.750 bits per heavy atom. The fourth-order valence-corrected chi connectivity index (χ4v) is 1.97. The lowest BCUT2D eigenvalue weighted by molar-refractivity contribution is 0.147. The van der Waals surface area contributed by atoms with Gasteiger partial charge in [-0.2, -0.15) is 0 Å². The molecule has 1 atom stereocenters. The summed E-state index contributed by atoms with van der Waals surface area (Å²) >= 11 is 0. The van der Waals surface area contributed by atoms with Crippen LogP contribution in [0.15, 0.2) is 0 Å². The van der Waals surface area contributed by atoms with Crippen molar-refractivity contribution in [2.75, 3.05) is 6.61 Å². The predicted molar refractivity (Wildman–Crippen MR) is 69.6 cm³/mol. The topological polar surface area (TPSA) is 40.5 Å². The number of hydrogen-bond donors (Lipinski definition) is 2. The summed E-state index contributed by atoms with van der Waals surface area (Å²) in [6.45, 7) is 2.52. The maximum Gasteiger partial charge on any atom is 0.0540 e. The molecule has 0 saturated carbocycles. The second-order valence-corrected chi connectivity index (χ2v) is 4.78. The standard InChI is InChI=1S/C14H30O2/c1-2-3-8-11-14(16)12-9-6-4-5-7-10-13-15/h14-16H,2-13H2,1H3. The lowest BCUT2D eigenvalue weighted by Gasteiger charge is -2.09. The molecule has 0 aromatic heterocycles. The van der Waals surface area contributed by atoms with Gasteiger partial charge in [-0.05, 0) is 19.3 Å². The number of rotatable bonds is 12. The molecule has 0 aromatic carbocycles. The summed E-state index contributed by atoms with van der Waals surface area (Å²) in [6, 6.07) is 0. The largest absolute Gasteiger partial charge is 0.396 e. The highest BCUT2D eigenvalue weighted by Crippen LogP contribution is 2.12. The quantitative estimate of drug-likeness (QED) is 0.502. The molecule has 0 saturated heterocycles. The zero-order chi connectivity index (χ0) is 12.1. The van der Waals surface area contributed by atoms with E-state index in [1.165, 1.54) is 38.5 Å². The lowest BCUT2D eigenvalue weighted by atomic mass is 10.0. The molecule has 16 heavy (non-hydrogen) atoms. The minimum absolute atomic E-state index is 0.0657. The Labute approximate surface area is 101 Å². The summed E-state index contributed by atoms with van der Waals surface area (Å²) in [6.07, 6.45) is 12.5. The molecule has 0 fully saturated rings. The van der Waals surface area contributed by atoms with E-state index >= 15 is 0 Å². The van der Waals surface area contributed by atoms with E-state index in [2.05, 4.69) is 6.92 Å². The first-order valence-corrected chi connectivity index (χ1v) is 7.10. The minimum atomic E-state index is -0.0657. The van der Waals surface area contributed by atoms with Gasteiger partial charge < -0.3 is 10.2 Å². The normalized spacial score (nSPS) is 12.9. The van der Waals surface area contributed by atoms with E-state index in [4.69, 9.17) is 5.11 Å². The fourth-order valence-electron chi connectivity index (χ4n) is 1.97. The molecule has 0 aliphatic rings. The van der Waals surface area contributed by atoms with Crippen LogP contribution >= 0.6 is 0 Å². The smallest absolute Gasteiger partial charge is 0.0540 e. The summed E-state index contributed by atoms with van der Waals surface area (Å²) < 4.78 is 0. The average Bonchev–Trinajstić information content (AvgIpc) is 2.28. The number of unbranched alkanes of at least 4 members (excludes halogenated alkanes) is 7. The van der Waals surface area contributed by atoms with Gasteiger partial charge in [0.05, 0.1) is 6.10 Å². The third-order valence-corrected chi connectivity index (χ3v) is 3.09. The molecule has 0 rings (SSSR count). The Morgan fingerprint density at radius 2 is 1.25 bits per heavy atom. The summed E-state index contributed by atoms with van der Waals surface area (Å²) in [5, 5.41) is 18.3. The monoisotopic (exact) mass is 230 g/mol. The highest BCUT2D eigenvalue weighted by Gasteiger charge is 2.02. The van der Waals surface area contributed by atoms with Crippen molar-refractivity contribution in [2.24, 2.45) is 0 Å². The molecule has 0 aromatic rings. The van der Waals surface area contributed by atoms with Gasteiger partial charge in [-0.15, -0.1) is 0 Å². The first-order chi connectivity index (χ1) is 7.81. The van der Waals surface area contributed by atoms with Crippen LogP contribution in [0.1, 0.15) is 77.6 Å². The zero-order valence-corrected chi connectivity index (χ0v) is 11.0. The molecule has 0 aliphatic carbocycles. The van der Waals surface area contributed by atoms with Crippen LogP contribution in [0.3, 0.4) is 0 Å². The van der Waals surface area contributed by atoms with E-state index in [1.807, 2.05) is 0 Å². The van der Waals surface area contributed by atoms with Crippen molar-refractivity contribution in [2.45, 2.75) is 83.7 Å². The van der Waals surface area contributed by atoms with Crippen molar-refractivity contribution in [3.63, 3.8) is 0 Å². The third-order valence-electron chi connectivity index (χ3n) is 3.09. The Bertz CT molecular complexity index is 126. The molecule has 0 bridgehead atoms. The summed E-state index contributed by atoms with van der Waals surface area (Å²) in [7, 11) is 0. The van der Waals surface area contributed by atoms with Crippen LogP contribution in [0, 0.1) is 0 Å². The van der Waals surface area contributed by atoms with E-state index in [-0.39, 0.29) is 6.10 Å². The highest BCUT2D eigenvalue weighted by atomic mass is 16.3. The van der Waals surface area contributed by atoms with Crippen molar-refractivity contribution in [3.05, 3.63) is 0 Å². The van der Waals surface area contributed by atoms with E-state index in [1.54, 1.807) is 0 Å². The molecule has 0 radical (unpaired) electrons. The molecule has 0 amide bonds. The van der Waals surface area contributed by atoms with E-state index in [0.717, 1.165) is 32.1 Å². The number of aliphatic hydroxyl groups is 2. The van der Waals surface area contributed by atoms with Gasteiger partial charge in [-0.3, -0.25) is 0 Å². The zero-order valence-electron chi connectivity index (χ0n) is 11.0.